The minimum absolute atomic E-state index is 0.0417. The molecule has 4 rings (SSSR count). The number of aromatic amines is 1. The number of hydrogen-bond donors (Lipinski definition) is 1. The Morgan fingerprint density at radius 1 is 1.06 bits per heavy atom. The van der Waals surface area contributed by atoms with E-state index in [0.29, 0.717) is 17.7 Å². The third-order valence-electron chi connectivity index (χ3n) is 6.04. The Bertz CT molecular complexity index is 1150. The lowest BCUT2D eigenvalue weighted by Crippen LogP contribution is -2.33. The first-order valence-corrected chi connectivity index (χ1v) is 10.5. The topological polar surface area (TPSA) is 54.6 Å². The molecule has 2 aromatic carbocycles. The molecule has 0 bridgehead atoms. The van der Waals surface area contributed by atoms with Crippen molar-refractivity contribution in [3.05, 3.63) is 69.5 Å². The van der Waals surface area contributed by atoms with Gasteiger partial charge in [-0.05, 0) is 62.7 Å². The molecule has 1 N–H and O–H groups in total. The average molecular weight is 446 g/mol. The lowest BCUT2D eigenvalue weighted by Gasteiger charge is -2.32. The van der Waals surface area contributed by atoms with Gasteiger partial charge in [-0.1, -0.05) is 12.1 Å². The van der Waals surface area contributed by atoms with E-state index in [2.05, 4.69) is 14.6 Å². The Morgan fingerprint density at radius 2 is 1.72 bits per heavy atom. The molecule has 2 heterocycles. The second-order valence-electron chi connectivity index (χ2n) is 8.15. The first-order chi connectivity index (χ1) is 15.2. The van der Waals surface area contributed by atoms with Crippen LogP contribution in [-0.2, 0) is 6.54 Å². The van der Waals surface area contributed by atoms with Crippen molar-refractivity contribution >= 4 is 10.9 Å². The summed E-state index contributed by atoms with van der Waals surface area (Å²) in [6, 6.07) is 11.4. The quantitative estimate of drug-likeness (QED) is 0.591. The maximum atomic E-state index is 12.9. The summed E-state index contributed by atoms with van der Waals surface area (Å²) >= 11 is 0. The van der Waals surface area contributed by atoms with E-state index >= 15 is 0 Å². The van der Waals surface area contributed by atoms with Gasteiger partial charge in [0.15, 0.2) is 5.43 Å². The monoisotopic (exact) mass is 446 g/mol. The minimum Gasteiger partial charge on any atom is -0.497 e. The fourth-order valence-electron chi connectivity index (χ4n) is 4.36. The molecule has 1 aromatic heterocycles. The smallest absolute Gasteiger partial charge is 0.497 e. The second-order valence-corrected chi connectivity index (χ2v) is 8.15. The predicted octanol–water partition coefficient (Wildman–Crippen LogP) is 5.12. The van der Waals surface area contributed by atoms with Crippen molar-refractivity contribution in [1.82, 2.24) is 9.88 Å². The van der Waals surface area contributed by atoms with Gasteiger partial charge in [0.2, 0.25) is 0 Å². The molecule has 32 heavy (non-hydrogen) atoms. The van der Waals surface area contributed by atoms with E-state index in [9.17, 15) is 18.0 Å². The van der Waals surface area contributed by atoms with Crippen LogP contribution >= 0.6 is 0 Å². The van der Waals surface area contributed by atoms with Crippen molar-refractivity contribution in [3.8, 4) is 11.5 Å². The normalized spacial score (nSPS) is 15.8. The lowest BCUT2D eigenvalue weighted by atomic mass is 9.89. The summed E-state index contributed by atoms with van der Waals surface area (Å²) in [6.07, 6.45) is -2.90. The maximum absolute atomic E-state index is 12.9. The number of ether oxygens (including phenoxy) is 2. The molecule has 0 saturated carbocycles. The Labute approximate surface area is 183 Å². The van der Waals surface area contributed by atoms with Gasteiger partial charge in [-0.15, -0.1) is 13.2 Å². The summed E-state index contributed by atoms with van der Waals surface area (Å²) in [7, 11) is 1.60. The van der Waals surface area contributed by atoms with Crippen LogP contribution < -0.4 is 14.9 Å². The van der Waals surface area contributed by atoms with Gasteiger partial charge in [0.1, 0.15) is 11.5 Å². The van der Waals surface area contributed by atoms with E-state index in [0.717, 1.165) is 48.3 Å². The molecule has 1 saturated heterocycles. The highest BCUT2D eigenvalue weighted by molar-refractivity contribution is 5.81. The lowest BCUT2D eigenvalue weighted by molar-refractivity contribution is -0.274. The van der Waals surface area contributed by atoms with Gasteiger partial charge in [0.05, 0.1) is 12.6 Å². The van der Waals surface area contributed by atoms with Gasteiger partial charge >= 0.3 is 6.36 Å². The first-order valence-electron chi connectivity index (χ1n) is 10.5. The molecule has 0 spiro atoms. The summed E-state index contributed by atoms with van der Waals surface area (Å²) in [5.41, 5.74) is 3.48. The fraction of sp³-hybridized carbons (Fsp3) is 0.375. The number of methoxy groups -OCH3 is 1. The molecule has 8 heteroatoms. The van der Waals surface area contributed by atoms with E-state index in [-0.39, 0.29) is 17.1 Å². The van der Waals surface area contributed by atoms with Crippen molar-refractivity contribution in [3.63, 3.8) is 0 Å². The molecule has 0 unspecified atom stereocenters. The number of likely N-dealkylation sites (tertiary alicyclic amines) is 1. The molecular formula is C24H25F3N2O3. The van der Waals surface area contributed by atoms with Crippen LogP contribution in [-0.4, -0.2) is 36.4 Å². The number of halogens is 3. The largest absolute Gasteiger partial charge is 0.573 e. The molecule has 5 nitrogen and oxygen atoms in total. The zero-order chi connectivity index (χ0) is 22.9. The van der Waals surface area contributed by atoms with E-state index < -0.39 is 6.36 Å². The summed E-state index contributed by atoms with van der Waals surface area (Å²) < 4.78 is 46.1. The van der Waals surface area contributed by atoms with Crippen molar-refractivity contribution < 1.29 is 22.6 Å². The van der Waals surface area contributed by atoms with Crippen molar-refractivity contribution in [2.45, 2.75) is 38.6 Å². The molecule has 1 aliphatic rings. The number of nitrogens with one attached hydrogen (secondary N) is 1. The van der Waals surface area contributed by atoms with Gasteiger partial charge in [-0.2, -0.15) is 0 Å². The highest BCUT2D eigenvalue weighted by atomic mass is 19.4. The number of nitrogens with zero attached hydrogens (tertiary/aromatic N) is 1. The average Bonchev–Trinajstić information content (AvgIpc) is 2.77. The van der Waals surface area contributed by atoms with Gasteiger partial charge in [0, 0.05) is 35.2 Å². The van der Waals surface area contributed by atoms with Crippen LogP contribution in [0.15, 0.2) is 47.3 Å². The molecule has 0 aliphatic carbocycles. The summed E-state index contributed by atoms with van der Waals surface area (Å²) in [5, 5.41) is 0.655. The maximum Gasteiger partial charge on any atom is 0.573 e. The van der Waals surface area contributed by atoms with Gasteiger partial charge in [-0.25, -0.2) is 0 Å². The van der Waals surface area contributed by atoms with E-state index in [1.807, 2.05) is 13.0 Å². The molecule has 0 amide bonds. The number of fused-ring (bicyclic) bond motifs is 1. The molecule has 1 aliphatic heterocycles. The molecular weight excluding hydrogens is 421 g/mol. The highest BCUT2D eigenvalue weighted by Crippen LogP contribution is 2.31. The number of hydrogen-bond acceptors (Lipinski definition) is 4. The molecule has 0 atom stereocenters. The standard InChI is InChI=1S/C24H25F3N2O3/c1-15-22(28-21-13-19(31-2)7-8-20(21)23(15)30)17-9-11-29(12-10-17)14-16-3-5-18(6-4-16)32-24(25,26)27/h3-8,13,17H,9-12,14H2,1-2H3,(H,28,30). The SMILES string of the molecule is COc1ccc2c(=O)c(C)c(C3CCN(Cc4ccc(OC(F)(F)F)cc4)CC3)[nH]c2c1. The zero-order valence-corrected chi connectivity index (χ0v) is 18.0. The van der Waals surface area contributed by atoms with Crippen LogP contribution in [0.2, 0.25) is 0 Å². The number of benzene rings is 2. The van der Waals surface area contributed by atoms with Crippen molar-refractivity contribution in [2.75, 3.05) is 20.2 Å². The van der Waals surface area contributed by atoms with Crippen molar-refractivity contribution in [2.24, 2.45) is 0 Å². The Kier molecular flexibility index (Phi) is 6.15. The summed E-state index contributed by atoms with van der Waals surface area (Å²) in [5.74, 6) is 0.730. The van der Waals surface area contributed by atoms with Gasteiger partial charge in [0.25, 0.3) is 0 Å². The van der Waals surface area contributed by atoms with Gasteiger partial charge in [-0.3, -0.25) is 9.69 Å². The van der Waals surface area contributed by atoms with Crippen LogP contribution in [0.3, 0.4) is 0 Å². The van der Waals surface area contributed by atoms with Crippen LogP contribution in [0.1, 0.15) is 35.6 Å². The van der Waals surface area contributed by atoms with Crippen LogP contribution in [0.4, 0.5) is 13.2 Å². The van der Waals surface area contributed by atoms with Crippen LogP contribution in [0, 0.1) is 6.92 Å². The van der Waals surface area contributed by atoms with Gasteiger partial charge < -0.3 is 14.5 Å². The van der Waals surface area contributed by atoms with Crippen LogP contribution in [0.25, 0.3) is 10.9 Å². The summed E-state index contributed by atoms with van der Waals surface area (Å²) in [6.45, 7) is 4.20. The number of rotatable bonds is 5. The Morgan fingerprint density at radius 3 is 2.34 bits per heavy atom. The first kappa shape index (κ1) is 22.2. The number of H-pyrrole nitrogens is 1. The van der Waals surface area contributed by atoms with E-state index in [1.165, 1.54) is 12.1 Å². The number of piperidine rings is 1. The second kappa shape index (κ2) is 8.86. The Balaban J connectivity index is 1.43. The summed E-state index contributed by atoms with van der Waals surface area (Å²) in [4.78, 5) is 18.6. The third-order valence-corrected chi connectivity index (χ3v) is 6.04. The Hall–Kier alpha value is -3.00. The fourth-order valence-corrected chi connectivity index (χ4v) is 4.36. The molecule has 170 valence electrons. The van der Waals surface area contributed by atoms with E-state index in [1.54, 1.807) is 31.4 Å². The minimum atomic E-state index is -4.68. The van der Waals surface area contributed by atoms with Crippen LogP contribution in [0.5, 0.6) is 11.5 Å². The highest BCUT2D eigenvalue weighted by Gasteiger charge is 2.31. The molecule has 0 radical (unpaired) electrons. The number of alkyl halides is 3. The molecule has 3 aromatic rings. The zero-order valence-electron chi connectivity index (χ0n) is 18.0. The number of aromatic nitrogens is 1. The third kappa shape index (κ3) is 4.91. The van der Waals surface area contributed by atoms with Crippen molar-refractivity contribution in [1.29, 1.82) is 0 Å². The predicted molar refractivity (Wildman–Crippen MR) is 116 cm³/mol. The number of pyridine rings is 1. The van der Waals surface area contributed by atoms with E-state index in [4.69, 9.17) is 4.74 Å². The molecule has 1 fully saturated rings.